The first-order chi connectivity index (χ1) is 8.86. The summed E-state index contributed by atoms with van der Waals surface area (Å²) in [6.45, 7) is 1.17. The maximum absolute atomic E-state index is 2.44. The molecule has 0 saturated carbocycles. The maximum atomic E-state index is 2.44. The van der Waals surface area contributed by atoms with E-state index in [4.69, 9.17) is 0 Å². The second kappa shape index (κ2) is 4.78. The largest absolute Gasteiger partial charge is 1.00 e. The number of benzene rings is 1. The minimum atomic E-state index is 0. The highest BCUT2D eigenvalue weighted by atomic mass is 127. The molecule has 98 valence electrons. The Labute approximate surface area is 130 Å². The molecule has 0 bridgehead atoms. The average Bonchev–Trinajstić information content (AvgIpc) is 2.73. The molecule has 2 aromatic heterocycles. The van der Waals surface area contributed by atoms with Gasteiger partial charge >= 0.3 is 0 Å². The van der Waals surface area contributed by atoms with Gasteiger partial charge in [-0.3, -0.25) is 0 Å². The second-order valence-corrected chi connectivity index (χ2v) is 5.25. The van der Waals surface area contributed by atoms with Crippen LogP contribution in [0.25, 0.3) is 21.8 Å². The monoisotopic (exact) mass is 364 g/mol. The Morgan fingerprint density at radius 2 is 1.89 bits per heavy atom. The number of hydrogen-bond donors (Lipinski definition) is 0. The Kier molecular flexibility index (Phi) is 3.25. The molecule has 0 aliphatic carbocycles. The Balaban J connectivity index is 0.00000110. The molecule has 0 atom stereocenters. The van der Waals surface area contributed by atoms with E-state index in [1.165, 1.54) is 53.3 Å². The van der Waals surface area contributed by atoms with Crippen LogP contribution < -0.4 is 28.5 Å². The number of pyridine rings is 1. The number of fused-ring (bicyclic) bond motifs is 5. The van der Waals surface area contributed by atoms with E-state index < -0.39 is 0 Å². The fourth-order valence-corrected chi connectivity index (χ4v) is 3.38. The Bertz CT molecular complexity index is 758. The lowest BCUT2D eigenvalue weighted by Crippen LogP contribution is -3.00. The first-order valence-corrected chi connectivity index (χ1v) is 6.75. The third-order valence-corrected chi connectivity index (χ3v) is 4.25. The molecule has 0 amide bonds. The van der Waals surface area contributed by atoms with Crippen LogP contribution in [0.3, 0.4) is 0 Å². The van der Waals surface area contributed by atoms with Crippen LogP contribution in [0.5, 0.6) is 0 Å². The molecule has 0 unspecified atom stereocenters. The van der Waals surface area contributed by atoms with Gasteiger partial charge in [0, 0.05) is 42.2 Å². The Morgan fingerprint density at radius 1 is 1.05 bits per heavy atom. The topological polar surface area (TPSA) is 8.81 Å². The summed E-state index contributed by atoms with van der Waals surface area (Å²) in [4.78, 5) is 0. The first kappa shape index (κ1) is 12.9. The predicted molar refractivity (Wildman–Crippen MR) is 73.6 cm³/mol. The molecule has 0 radical (unpaired) electrons. The Morgan fingerprint density at radius 3 is 2.79 bits per heavy atom. The van der Waals surface area contributed by atoms with Crippen LogP contribution in [0.4, 0.5) is 0 Å². The molecule has 4 rings (SSSR count). The minimum absolute atomic E-state index is 0. The zero-order chi connectivity index (χ0) is 12.1. The highest BCUT2D eigenvalue weighted by Crippen LogP contribution is 2.30. The van der Waals surface area contributed by atoms with Crippen molar-refractivity contribution in [2.75, 3.05) is 0 Å². The first-order valence-electron chi connectivity index (χ1n) is 6.75. The van der Waals surface area contributed by atoms with Crippen molar-refractivity contribution in [1.29, 1.82) is 0 Å². The summed E-state index contributed by atoms with van der Waals surface area (Å²) < 4.78 is 4.80. The van der Waals surface area contributed by atoms with Crippen molar-refractivity contribution in [3.63, 3.8) is 0 Å². The molecule has 1 aliphatic heterocycles. The van der Waals surface area contributed by atoms with Gasteiger partial charge in [0.15, 0.2) is 6.20 Å². The lowest BCUT2D eigenvalue weighted by molar-refractivity contribution is -0.708. The number of halogens is 1. The summed E-state index contributed by atoms with van der Waals surface area (Å²) in [7, 11) is 2.19. The zero-order valence-electron chi connectivity index (χ0n) is 11.1. The van der Waals surface area contributed by atoms with E-state index >= 15 is 0 Å². The van der Waals surface area contributed by atoms with E-state index in [-0.39, 0.29) is 24.0 Å². The van der Waals surface area contributed by atoms with Crippen molar-refractivity contribution >= 4 is 21.8 Å². The third kappa shape index (κ3) is 1.78. The summed E-state index contributed by atoms with van der Waals surface area (Å²) >= 11 is 0. The molecule has 0 fully saturated rings. The van der Waals surface area contributed by atoms with Crippen LogP contribution in [0.1, 0.15) is 18.5 Å². The van der Waals surface area contributed by atoms with Gasteiger partial charge in [-0.2, -0.15) is 0 Å². The number of aryl methyl sites for hydroxylation is 3. The number of nitrogens with zero attached hydrogens (tertiary/aromatic N) is 2. The van der Waals surface area contributed by atoms with Gasteiger partial charge in [-0.05, 0) is 12.5 Å². The van der Waals surface area contributed by atoms with Crippen molar-refractivity contribution in [3.8, 4) is 0 Å². The maximum Gasteiger partial charge on any atom is 0.205 e. The van der Waals surface area contributed by atoms with E-state index in [1.54, 1.807) is 0 Å². The molecular formula is C16H17IN2. The lowest BCUT2D eigenvalue weighted by Gasteiger charge is -2.11. The molecule has 0 N–H and O–H groups in total. The van der Waals surface area contributed by atoms with Crippen LogP contribution in [0.15, 0.2) is 36.5 Å². The number of aromatic nitrogens is 2. The quantitative estimate of drug-likeness (QED) is 0.391. The summed E-state index contributed by atoms with van der Waals surface area (Å²) in [6.07, 6.45) is 6.11. The van der Waals surface area contributed by atoms with Crippen LogP contribution in [0, 0.1) is 0 Å². The summed E-state index contributed by atoms with van der Waals surface area (Å²) in [5, 5.41) is 2.78. The summed E-state index contributed by atoms with van der Waals surface area (Å²) in [6, 6.07) is 11.0. The van der Waals surface area contributed by atoms with Gasteiger partial charge in [-0.15, -0.1) is 0 Å². The van der Waals surface area contributed by atoms with Crippen molar-refractivity contribution in [2.24, 2.45) is 7.05 Å². The number of rotatable bonds is 0. The molecule has 3 heteroatoms. The molecule has 0 saturated heterocycles. The smallest absolute Gasteiger partial charge is 0.205 e. The van der Waals surface area contributed by atoms with E-state index in [0.717, 1.165) is 0 Å². The molecule has 19 heavy (non-hydrogen) atoms. The van der Waals surface area contributed by atoms with Crippen LogP contribution in [-0.2, 0) is 20.0 Å². The highest BCUT2D eigenvalue weighted by molar-refractivity contribution is 6.08. The summed E-state index contributed by atoms with van der Waals surface area (Å²) in [5.41, 5.74) is 4.28. The van der Waals surface area contributed by atoms with Crippen LogP contribution in [0.2, 0.25) is 0 Å². The zero-order valence-corrected chi connectivity index (χ0v) is 13.2. The normalized spacial score (nSPS) is 14.4. The van der Waals surface area contributed by atoms with E-state index in [0.29, 0.717) is 0 Å². The van der Waals surface area contributed by atoms with Gasteiger partial charge in [-0.1, -0.05) is 18.2 Å². The van der Waals surface area contributed by atoms with Crippen molar-refractivity contribution in [2.45, 2.75) is 25.8 Å². The highest BCUT2D eigenvalue weighted by Gasteiger charge is 2.23. The fourth-order valence-electron chi connectivity index (χ4n) is 3.38. The van der Waals surface area contributed by atoms with Gasteiger partial charge in [0.2, 0.25) is 5.69 Å². The van der Waals surface area contributed by atoms with Gasteiger partial charge in [0.25, 0.3) is 0 Å². The van der Waals surface area contributed by atoms with E-state index in [9.17, 15) is 0 Å². The number of para-hydroxylation sites is 1. The van der Waals surface area contributed by atoms with E-state index in [1.807, 2.05) is 0 Å². The molecule has 1 aromatic carbocycles. The fraction of sp³-hybridized carbons (Fsp3) is 0.312. The average molecular weight is 364 g/mol. The van der Waals surface area contributed by atoms with Crippen molar-refractivity contribution in [3.05, 3.63) is 42.2 Å². The van der Waals surface area contributed by atoms with Crippen LogP contribution in [-0.4, -0.2) is 4.57 Å². The second-order valence-electron chi connectivity index (χ2n) is 5.25. The summed E-state index contributed by atoms with van der Waals surface area (Å²) in [5.74, 6) is 0. The standard InChI is InChI=1S/C16H17N2.HI/c1-17-14-7-3-2-6-12(14)13-9-11-18-10-5-4-8-15(18)16(13)17;/h2-3,6-7,9,11H,4-5,8,10H2,1H3;1H/q+1;/p-1. The van der Waals surface area contributed by atoms with Gasteiger partial charge in [-0.25, -0.2) is 4.57 Å². The Hall–Kier alpha value is -1.10. The van der Waals surface area contributed by atoms with Gasteiger partial charge in [0.1, 0.15) is 12.1 Å². The third-order valence-electron chi connectivity index (χ3n) is 4.25. The van der Waals surface area contributed by atoms with Crippen molar-refractivity contribution in [1.82, 2.24) is 4.57 Å². The lowest BCUT2D eigenvalue weighted by atomic mass is 10.1. The molecule has 1 aliphatic rings. The van der Waals surface area contributed by atoms with Gasteiger partial charge in [0.05, 0.1) is 0 Å². The SMILES string of the molecule is Cn1c2ccccc2c2cc[n+]3c(c21)CCCC3.[I-]. The van der Waals surface area contributed by atoms with Crippen LogP contribution >= 0.6 is 0 Å². The molecule has 2 nitrogen and oxygen atoms in total. The number of hydrogen-bond acceptors (Lipinski definition) is 0. The minimum Gasteiger partial charge on any atom is -1.00 e. The molecule has 3 heterocycles. The predicted octanol–water partition coefficient (Wildman–Crippen LogP) is -0.0407. The van der Waals surface area contributed by atoms with E-state index in [2.05, 4.69) is 52.7 Å². The molecular weight excluding hydrogens is 347 g/mol. The van der Waals surface area contributed by atoms with Gasteiger partial charge < -0.3 is 28.5 Å². The van der Waals surface area contributed by atoms with Crippen molar-refractivity contribution < 1.29 is 28.5 Å². The molecule has 3 aromatic rings. The molecule has 0 spiro atoms.